The molecule has 6 aromatic rings. The molecule has 2 aliphatic heterocycles. The van der Waals surface area contributed by atoms with Crippen LogP contribution in [0.4, 0.5) is 5.69 Å². The van der Waals surface area contributed by atoms with Crippen molar-refractivity contribution in [1.29, 1.82) is 0 Å². The summed E-state index contributed by atoms with van der Waals surface area (Å²) in [4.78, 5) is 7.69. The van der Waals surface area contributed by atoms with Gasteiger partial charge in [0.2, 0.25) is 0 Å². The predicted molar refractivity (Wildman–Crippen MR) is 202 cm³/mol. The Morgan fingerprint density at radius 2 is 1.15 bits per heavy atom. The molecular formula is C44H33N2OP. The lowest BCUT2D eigenvalue weighted by Crippen LogP contribution is -2.45. The highest BCUT2D eigenvalue weighted by atomic mass is 31.2. The van der Waals surface area contributed by atoms with E-state index in [0.717, 1.165) is 38.4 Å². The van der Waals surface area contributed by atoms with Gasteiger partial charge >= 0.3 is 0 Å². The van der Waals surface area contributed by atoms with Gasteiger partial charge in [0.25, 0.3) is 0 Å². The number of fused-ring (bicyclic) bond motifs is 8. The molecule has 0 N–H and O–H groups in total. The molecule has 9 rings (SSSR count). The highest BCUT2D eigenvalue weighted by Gasteiger charge is 2.47. The van der Waals surface area contributed by atoms with Crippen molar-refractivity contribution in [3.63, 3.8) is 0 Å². The molecule has 4 heteroatoms. The van der Waals surface area contributed by atoms with Crippen LogP contribution in [0.5, 0.6) is 0 Å². The number of aliphatic imine (C=N–C) groups is 1. The van der Waals surface area contributed by atoms with Crippen LogP contribution in [0, 0.1) is 0 Å². The Balaban J connectivity index is 1.09. The summed E-state index contributed by atoms with van der Waals surface area (Å²) >= 11 is 0. The molecule has 2 heterocycles. The molecule has 2 atom stereocenters. The second-order valence-corrected chi connectivity index (χ2v) is 15.7. The monoisotopic (exact) mass is 636 g/mol. The zero-order valence-corrected chi connectivity index (χ0v) is 27.5. The molecule has 230 valence electrons. The Morgan fingerprint density at radius 3 is 1.85 bits per heavy atom. The van der Waals surface area contributed by atoms with E-state index in [1.54, 1.807) is 0 Å². The second kappa shape index (κ2) is 11.0. The number of amidine groups is 1. The molecule has 0 fully saturated rings. The van der Waals surface area contributed by atoms with E-state index >= 15 is 0 Å². The van der Waals surface area contributed by atoms with Gasteiger partial charge in [-0.05, 0) is 52.9 Å². The van der Waals surface area contributed by atoms with Gasteiger partial charge in [0.05, 0.1) is 11.7 Å². The van der Waals surface area contributed by atoms with E-state index in [2.05, 4.69) is 115 Å². The summed E-state index contributed by atoms with van der Waals surface area (Å²) in [5.41, 5.74) is 9.05. The summed E-state index contributed by atoms with van der Waals surface area (Å²) in [5.74, 6) is 1.05. The number of rotatable bonds is 5. The third-order valence-electron chi connectivity index (χ3n) is 10.0. The Bertz CT molecular complexity index is 2300. The van der Waals surface area contributed by atoms with Crippen LogP contribution >= 0.6 is 7.14 Å². The standard InChI is InChI=1S/C44H33N2OP/c1-44-28-11-10-21-42(44)46-41-27-24-34(30-40(41)38-19-8-9-20-39(38)43(46)45-44)33-14-12-13-32(29-33)31-22-25-37(26-23-31)48(47,35-15-4-2-5-16-35)36-17-6-3-7-18-36/h2-30,42H,1H3/t42?,44-/m1/s1. The zero-order valence-electron chi connectivity index (χ0n) is 26.6. The summed E-state index contributed by atoms with van der Waals surface area (Å²) in [6.07, 6.45) is 8.75. The quantitative estimate of drug-likeness (QED) is 0.177. The molecule has 48 heavy (non-hydrogen) atoms. The van der Waals surface area contributed by atoms with Crippen LogP contribution in [0.3, 0.4) is 0 Å². The second-order valence-electron chi connectivity index (χ2n) is 12.9. The summed E-state index contributed by atoms with van der Waals surface area (Å²) in [6.45, 7) is 2.22. The normalized spacial score (nSPS) is 18.8. The first-order chi connectivity index (χ1) is 23.5. The average molecular weight is 637 g/mol. The number of allylic oxidation sites excluding steroid dienone is 2. The Morgan fingerprint density at radius 1 is 0.562 bits per heavy atom. The molecular weight excluding hydrogens is 603 g/mol. The van der Waals surface area contributed by atoms with E-state index in [4.69, 9.17) is 4.99 Å². The molecule has 1 aliphatic carbocycles. The minimum absolute atomic E-state index is 0.140. The first-order valence-corrected chi connectivity index (χ1v) is 18.2. The predicted octanol–water partition coefficient (Wildman–Crippen LogP) is 9.16. The minimum atomic E-state index is -3.03. The van der Waals surface area contributed by atoms with E-state index in [1.165, 1.54) is 27.9 Å². The molecule has 6 aromatic carbocycles. The molecule has 0 amide bonds. The van der Waals surface area contributed by atoms with Crippen molar-refractivity contribution < 1.29 is 4.57 Å². The summed E-state index contributed by atoms with van der Waals surface area (Å²) < 4.78 is 14.9. The van der Waals surface area contributed by atoms with Crippen LogP contribution in [-0.4, -0.2) is 17.4 Å². The van der Waals surface area contributed by atoms with Gasteiger partial charge in [-0.3, -0.25) is 4.99 Å². The molecule has 3 aliphatic rings. The lowest BCUT2D eigenvalue weighted by Gasteiger charge is -2.37. The van der Waals surface area contributed by atoms with Gasteiger partial charge in [-0.15, -0.1) is 0 Å². The first kappa shape index (κ1) is 28.7. The molecule has 0 saturated carbocycles. The first-order valence-electron chi connectivity index (χ1n) is 16.4. The summed E-state index contributed by atoms with van der Waals surface area (Å²) in [6, 6.07) is 52.3. The zero-order chi connectivity index (χ0) is 32.3. The van der Waals surface area contributed by atoms with Gasteiger partial charge in [0.15, 0.2) is 7.14 Å². The fourth-order valence-electron chi connectivity index (χ4n) is 7.55. The average Bonchev–Trinajstić information content (AvgIpc) is 3.48. The number of hydrogen-bond donors (Lipinski definition) is 0. The maximum Gasteiger partial charge on any atom is 0.171 e. The van der Waals surface area contributed by atoms with E-state index in [1.807, 2.05) is 72.8 Å². The van der Waals surface area contributed by atoms with Crippen LogP contribution in [0.2, 0.25) is 0 Å². The Hall–Kier alpha value is -5.50. The van der Waals surface area contributed by atoms with Crippen molar-refractivity contribution in [2.75, 3.05) is 4.90 Å². The smallest absolute Gasteiger partial charge is 0.171 e. The van der Waals surface area contributed by atoms with Crippen molar-refractivity contribution in [3.8, 4) is 33.4 Å². The van der Waals surface area contributed by atoms with E-state index in [9.17, 15) is 4.57 Å². The lowest BCUT2D eigenvalue weighted by molar-refractivity contribution is 0.550. The number of benzene rings is 6. The van der Waals surface area contributed by atoms with Gasteiger partial charge in [0.1, 0.15) is 11.4 Å². The molecule has 0 saturated heterocycles. The van der Waals surface area contributed by atoms with Gasteiger partial charge in [0, 0.05) is 27.0 Å². The molecule has 0 bridgehead atoms. The fourth-order valence-corrected chi connectivity index (χ4v) is 10.2. The number of hydrogen-bond acceptors (Lipinski definition) is 3. The largest absolute Gasteiger partial charge is 0.316 e. The Labute approximate surface area is 281 Å². The van der Waals surface area contributed by atoms with Gasteiger partial charge in [-0.1, -0.05) is 158 Å². The molecule has 3 nitrogen and oxygen atoms in total. The van der Waals surface area contributed by atoms with Crippen molar-refractivity contribution in [3.05, 3.63) is 182 Å². The van der Waals surface area contributed by atoms with Crippen molar-refractivity contribution in [1.82, 2.24) is 0 Å². The van der Waals surface area contributed by atoms with Gasteiger partial charge < -0.3 is 9.46 Å². The highest BCUT2D eigenvalue weighted by molar-refractivity contribution is 7.85. The van der Waals surface area contributed by atoms with E-state index in [0.29, 0.717) is 0 Å². The minimum Gasteiger partial charge on any atom is -0.316 e. The van der Waals surface area contributed by atoms with E-state index in [-0.39, 0.29) is 11.6 Å². The maximum absolute atomic E-state index is 14.9. The van der Waals surface area contributed by atoms with E-state index < -0.39 is 7.14 Å². The lowest BCUT2D eigenvalue weighted by atomic mass is 9.86. The Kier molecular flexibility index (Phi) is 6.61. The maximum atomic E-state index is 14.9. The SMILES string of the molecule is C[C@@]12C=CC=CC1N1C(=N2)c2ccccc2-c2cc(-c3cccc(-c4ccc(P(=O)(c5ccccc5)c5ccccc5)cc4)c3)ccc21. The highest BCUT2D eigenvalue weighted by Crippen LogP contribution is 2.48. The van der Waals surface area contributed by atoms with Crippen molar-refractivity contribution in [2.24, 2.45) is 4.99 Å². The summed E-state index contributed by atoms with van der Waals surface area (Å²) in [5, 5.41) is 2.51. The fraction of sp³-hybridized carbons (Fsp3) is 0.0682. The van der Waals surface area contributed by atoms with Crippen LogP contribution < -0.4 is 20.8 Å². The number of anilines is 1. The van der Waals surface area contributed by atoms with Crippen LogP contribution in [-0.2, 0) is 4.57 Å². The third kappa shape index (κ3) is 4.43. The van der Waals surface area contributed by atoms with Crippen molar-refractivity contribution in [2.45, 2.75) is 18.5 Å². The van der Waals surface area contributed by atoms with Gasteiger partial charge in [-0.25, -0.2) is 0 Å². The molecule has 0 radical (unpaired) electrons. The number of nitrogens with zero attached hydrogens (tertiary/aromatic N) is 2. The summed E-state index contributed by atoms with van der Waals surface area (Å²) in [7, 11) is -3.03. The van der Waals surface area contributed by atoms with Crippen molar-refractivity contribution >= 4 is 34.6 Å². The topological polar surface area (TPSA) is 32.7 Å². The van der Waals surface area contributed by atoms with Crippen LogP contribution in [0.15, 0.2) is 181 Å². The van der Waals surface area contributed by atoms with Gasteiger partial charge in [-0.2, -0.15) is 0 Å². The van der Waals surface area contributed by atoms with Crippen LogP contribution in [0.1, 0.15) is 12.5 Å². The molecule has 0 spiro atoms. The third-order valence-corrected chi connectivity index (χ3v) is 13.1. The molecule has 1 unspecified atom stereocenters. The van der Waals surface area contributed by atoms with Crippen LogP contribution in [0.25, 0.3) is 33.4 Å². The molecule has 0 aromatic heterocycles.